The van der Waals surface area contributed by atoms with Crippen LogP contribution in [0.5, 0.6) is 0 Å². The number of nitrogens with zero attached hydrogens (tertiary/aromatic N) is 5. The minimum absolute atomic E-state index is 0.0481. The number of carbonyl (C=O) groups is 2. The second-order valence-corrected chi connectivity index (χ2v) is 7.63. The highest BCUT2D eigenvalue weighted by Gasteiger charge is 2.35. The Morgan fingerprint density at radius 1 is 1.20 bits per heavy atom. The van der Waals surface area contributed by atoms with E-state index >= 15 is 0 Å². The van der Waals surface area contributed by atoms with Crippen LogP contribution in [0.4, 0.5) is 23.1 Å². The van der Waals surface area contributed by atoms with Crippen LogP contribution in [0.3, 0.4) is 0 Å². The van der Waals surface area contributed by atoms with Crippen LogP contribution < -0.4 is 20.0 Å². The van der Waals surface area contributed by atoms with Crippen molar-refractivity contribution in [3.63, 3.8) is 0 Å². The van der Waals surface area contributed by atoms with Gasteiger partial charge in [0.15, 0.2) is 5.82 Å². The molecule has 2 aromatic rings. The van der Waals surface area contributed by atoms with Gasteiger partial charge in [-0.2, -0.15) is 4.98 Å². The zero-order chi connectivity index (χ0) is 21.1. The average molecular weight is 410 g/mol. The molecule has 1 aromatic heterocycles. The van der Waals surface area contributed by atoms with Gasteiger partial charge in [0.1, 0.15) is 5.69 Å². The monoisotopic (exact) mass is 410 g/mol. The summed E-state index contributed by atoms with van der Waals surface area (Å²) in [6.07, 6.45) is 1.82. The Bertz CT molecular complexity index is 914. The topological polar surface area (TPSA) is 90.9 Å². The first kappa shape index (κ1) is 20.1. The lowest BCUT2D eigenvalue weighted by atomic mass is 10.1. The molecule has 0 bridgehead atoms. The summed E-state index contributed by atoms with van der Waals surface area (Å²) in [6, 6.07) is 9.41. The predicted molar refractivity (Wildman–Crippen MR) is 115 cm³/mol. The Kier molecular flexibility index (Phi) is 5.80. The normalized spacial score (nSPS) is 19.1. The van der Waals surface area contributed by atoms with Gasteiger partial charge in [-0.1, -0.05) is 18.2 Å². The Hall–Kier alpha value is -3.20. The van der Waals surface area contributed by atoms with Crippen molar-refractivity contribution >= 4 is 35.0 Å². The zero-order valence-electron chi connectivity index (χ0n) is 17.2. The molecule has 3 heterocycles. The van der Waals surface area contributed by atoms with Gasteiger partial charge in [0.25, 0.3) is 0 Å². The fourth-order valence-electron chi connectivity index (χ4n) is 3.68. The fraction of sp³-hybridized carbons (Fsp3) is 0.429. The van der Waals surface area contributed by atoms with E-state index in [4.69, 9.17) is 4.74 Å². The summed E-state index contributed by atoms with van der Waals surface area (Å²) < 4.78 is 5.39. The first-order valence-electron chi connectivity index (χ1n) is 10.1. The molecule has 30 heavy (non-hydrogen) atoms. The molecule has 2 amide bonds. The third kappa shape index (κ3) is 4.20. The van der Waals surface area contributed by atoms with E-state index in [0.717, 1.165) is 18.8 Å². The SMILES string of the molecule is CN(C)c1nc(N2CCOCC2)ncc1NC(=O)C1CC(=O)N(c2ccccc2)C1. The smallest absolute Gasteiger partial charge is 0.229 e. The van der Waals surface area contributed by atoms with Gasteiger partial charge in [-0.3, -0.25) is 9.59 Å². The van der Waals surface area contributed by atoms with Crippen LogP contribution >= 0.6 is 0 Å². The van der Waals surface area contributed by atoms with E-state index in [1.54, 1.807) is 11.1 Å². The number of nitrogens with one attached hydrogen (secondary N) is 1. The minimum atomic E-state index is -0.424. The molecule has 9 nitrogen and oxygen atoms in total. The maximum absolute atomic E-state index is 12.9. The van der Waals surface area contributed by atoms with Crippen LogP contribution in [-0.4, -0.2) is 68.7 Å². The van der Waals surface area contributed by atoms with Gasteiger partial charge >= 0.3 is 0 Å². The highest BCUT2D eigenvalue weighted by Crippen LogP contribution is 2.28. The number of morpholine rings is 1. The standard InChI is InChI=1S/C21H26N6O3/c1-25(2)19-17(13-22-21(24-19)26-8-10-30-11-9-26)23-20(29)15-12-18(28)27(14-15)16-6-4-3-5-7-16/h3-7,13,15H,8-12,14H2,1-2H3,(H,23,29). The van der Waals surface area contributed by atoms with Gasteiger partial charge in [-0.05, 0) is 12.1 Å². The molecule has 1 atom stereocenters. The first-order chi connectivity index (χ1) is 14.5. The van der Waals surface area contributed by atoms with E-state index in [2.05, 4.69) is 20.2 Å². The van der Waals surface area contributed by atoms with Crippen LogP contribution in [0.1, 0.15) is 6.42 Å². The van der Waals surface area contributed by atoms with Gasteiger partial charge in [0.05, 0.1) is 25.3 Å². The maximum atomic E-state index is 12.9. The van der Waals surface area contributed by atoms with Crippen molar-refractivity contribution in [2.24, 2.45) is 5.92 Å². The van der Waals surface area contributed by atoms with Gasteiger partial charge in [0.2, 0.25) is 17.8 Å². The molecule has 2 saturated heterocycles. The predicted octanol–water partition coefficient (Wildman–Crippen LogP) is 1.37. The van der Waals surface area contributed by atoms with Gasteiger partial charge in [-0.25, -0.2) is 4.98 Å². The van der Waals surface area contributed by atoms with Gasteiger partial charge in [-0.15, -0.1) is 0 Å². The molecule has 1 aromatic carbocycles. The largest absolute Gasteiger partial charge is 0.378 e. The lowest BCUT2D eigenvalue weighted by Crippen LogP contribution is -2.37. The lowest BCUT2D eigenvalue weighted by molar-refractivity contribution is -0.122. The summed E-state index contributed by atoms with van der Waals surface area (Å²) in [5.41, 5.74) is 1.34. The number of rotatable bonds is 5. The van der Waals surface area contributed by atoms with Crippen LogP contribution in [0, 0.1) is 5.92 Å². The molecule has 1 unspecified atom stereocenters. The zero-order valence-corrected chi connectivity index (χ0v) is 17.2. The number of aromatic nitrogens is 2. The van der Waals surface area contributed by atoms with Crippen molar-refractivity contribution < 1.29 is 14.3 Å². The van der Waals surface area contributed by atoms with Crippen molar-refractivity contribution in [2.45, 2.75) is 6.42 Å². The number of carbonyl (C=O) groups excluding carboxylic acids is 2. The quantitative estimate of drug-likeness (QED) is 0.796. The summed E-state index contributed by atoms with van der Waals surface area (Å²) in [5, 5.41) is 2.93. The molecule has 0 spiro atoms. The Morgan fingerprint density at radius 3 is 2.63 bits per heavy atom. The number of amides is 2. The van der Waals surface area contributed by atoms with Crippen molar-refractivity contribution in [2.75, 3.05) is 67.0 Å². The first-order valence-corrected chi connectivity index (χ1v) is 10.1. The van der Waals surface area contributed by atoms with Crippen LogP contribution in [0.2, 0.25) is 0 Å². The molecule has 2 aliphatic heterocycles. The molecular formula is C21H26N6O3. The van der Waals surface area contributed by atoms with Crippen molar-refractivity contribution in [1.82, 2.24) is 9.97 Å². The van der Waals surface area contributed by atoms with Crippen molar-refractivity contribution in [1.29, 1.82) is 0 Å². The summed E-state index contributed by atoms with van der Waals surface area (Å²) in [5.74, 6) is 0.572. The number of benzene rings is 1. The summed E-state index contributed by atoms with van der Waals surface area (Å²) in [7, 11) is 3.74. The number of para-hydroxylation sites is 1. The number of hydrogen-bond donors (Lipinski definition) is 1. The Morgan fingerprint density at radius 2 is 1.93 bits per heavy atom. The van der Waals surface area contributed by atoms with Crippen LogP contribution in [0.25, 0.3) is 0 Å². The fourth-order valence-corrected chi connectivity index (χ4v) is 3.68. The van der Waals surface area contributed by atoms with E-state index < -0.39 is 5.92 Å². The number of ether oxygens (including phenoxy) is 1. The van der Waals surface area contributed by atoms with E-state index in [-0.39, 0.29) is 18.2 Å². The summed E-state index contributed by atoms with van der Waals surface area (Å²) >= 11 is 0. The molecular weight excluding hydrogens is 384 g/mol. The second kappa shape index (κ2) is 8.66. The number of anilines is 4. The third-order valence-electron chi connectivity index (χ3n) is 5.30. The molecule has 9 heteroatoms. The van der Waals surface area contributed by atoms with Gasteiger partial charge in [0, 0.05) is 45.8 Å². The molecule has 1 N–H and O–H groups in total. The summed E-state index contributed by atoms with van der Waals surface area (Å²) in [6.45, 7) is 3.12. The van der Waals surface area contributed by atoms with E-state index in [1.165, 1.54) is 0 Å². The Balaban J connectivity index is 1.48. The van der Waals surface area contributed by atoms with E-state index in [9.17, 15) is 9.59 Å². The Labute approximate surface area is 175 Å². The molecule has 0 aliphatic carbocycles. The van der Waals surface area contributed by atoms with Crippen molar-refractivity contribution in [3.05, 3.63) is 36.5 Å². The molecule has 0 saturated carbocycles. The second-order valence-electron chi connectivity index (χ2n) is 7.63. The molecule has 2 fully saturated rings. The minimum Gasteiger partial charge on any atom is -0.378 e. The molecule has 2 aliphatic rings. The summed E-state index contributed by atoms with van der Waals surface area (Å²) in [4.78, 5) is 40.0. The molecule has 4 rings (SSSR count). The van der Waals surface area contributed by atoms with E-state index in [0.29, 0.717) is 37.2 Å². The average Bonchev–Trinajstić information content (AvgIpc) is 3.17. The van der Waals surface area contributed by atoms with E-state index in [1.807, 2.05) is 49.3 Å². The highest BCUT2D eigenvalue weighted by molar-refractivity contribution is 6.04. The van der Waals surface area contributed by atoms with Crippen molar-refractivity contribution in [3.8, 4) is 0 Å². The highest BCUT2D eigenvalue weighted by atomic mass is 16.5. The maximum Gasteiger partial charge on any atom is 0.229 e. The number of hydrogen-bond acceptors (Lipinski definition) is 7. The third-order valence-corrected chi connectivity index (χ3v) is 5.30. The van der Waals surface area contributed by atoms with Crippen LogP contribution in [0.15, 0.2) is 36.5 Å². The van der Waals surface area contributed by atoms with Gasteiger partial charge < -0.3 is 24.8 Å². The van der Waals surface area contributed by atoms with Crippen LogP contribution in [-0.2, 0) is 14.3 Å². The lowest BCUT2D eigenvalue weighted by Gasteiger charge is -2.28. The molecule has 158 valence electrons. The molecule has 0 radical (unpaired) electrons.